The van der Waals surface area contributed by atoms with Crippen LogP contribution in [0.15, 0.2) is 106 Å². The van der Waals surface area contributed by atoms with Crippen LogP contribution >= 0.6 is 23.4 Å². The molecule has 4 atom stereocenters. The summed E-state index contributed by atoms with van der Waals surface area (Å²) in [6.07, 6.45) is 0. The fourth-order valence-corrected chi connectivity index (χ4v) is 11.0. The van der Waals surface area contributed by atoms with E-state index in [2.05, 4.69) is 15.0 Å². The highest BCUT2D eigenvalue weighted by molar-refractivity contribution is 7.76. The first-order chi connectivity index (χ1) is 18.9. The van der Waals surface area contributed by atoms with E-state index < -0.39 is 29.1 Å². The molecule has 3 heterocycles. The number of aromatic nitrogens is 1. The van der Waals surface area contributed by atoms with E-state index in [-0.39, 0.29) is 39.3 Å². The molecule has 0 fully saturated rings. The molecule has 0 aliphatic carbocycles. The summed E-state index contributed by atoms with van der Waals surface area (Å²) in [5, 5.41) is 2.41. The molecule has 0 spiro atoms. The quantitative estimate of drug-likeness (QED) is 0.339. The summed E-state index contributed by atoms with van der Waals surface area (Å²) in [5.41, 5.74) is 11.8. The number of fused-ring (bicyclic) bond motifs is 3. The Labute approximate surface area is 225 Å². The van der Waals surface area contributed by atoms with Gasteiger partial charge in [0.1, 0.15) is 45.5 Å². The van der Waals surface area contributed by atoms with Crippen molar-refractivity contribution in [3.05, 3.63) is 102 Å². The molecule has 1 aromatic heterocycles. The topological polar surface area (TPSA) is 153 Å². The van der Waals surface area contributed by atoms with Gasteiger partial charge in [-0.3, -0.25) is 0 Å². The number of hydrogen-bond donors (Lipinski definition) is 2. The second-order valence-electron chi connectivity index (χ2n) is 8.94. The van der Waals surface area contributed by atoms with Crippen molar-refractivity contribution in [2.24, 2.45) is 20.7 Å². The van der Waals surface area contributed by atoms with E-state index in [9.17, 15) is 13.7 Å². The highest BCUT2D eigenvalue weighted by Gasteiger charge is 2.39. The number of nitrogens with zero attached hydrogens (tertiary/aromatic N) is 4. The number of nitrogens with two attached hydrogens (primary N) is 2. The number of hydrogen-bond acceptors (Lipinski definition) is 9. The molecule has 4 unspecified atom stereocenters. The summed E-state index contributed by atoms with van der Waals surface area (Å²) >= 11 is 0. The fourth-order valence-electron chi connectivity index (χ4n) is 4.72. The fraction of sp³-hybridized carbons (Fsp3) is 0.0370. The minimum atomic E-state index is -2.81. The first kappa shape index (κ1) is 25.4. The highest BCUT2D eigenvalue weighted by Crippen LogP contribution is 2.52. The third-order valence-corrected chi connectivity index (χ3v) is 12.7. The zero-order chi connectivity index (χ0) is 27.1. The monoisotopic (exact) mass is 572 g/mol. The average Bonchev–Trinajstić information content (AvgIpc) is 3.39. The predicted molar refractivity (Wildman–Crippen MR) is 160 cm³/mol. The van der Waals surface area contributed by atoms with E-state index in [4.69, 9.17) is 16.5 Å². The Morgan fingerprint density at radius 2 is 1.15 bits per heavy atom. The van der Waals surface area contributed by atoms with Gasteiger partial charge in [-0.2, -0.15) is 0 Å². The summed E-state index contributed by atoms with van der Waals surface area (Å²) in [5.74, 6) is 0.0254. The van der Waals surface area contributed by atoms with Gasteiger partial charge in [0, 0.05) is 21.2 Å². The number of pyridine rings is 1. The van der Waals surface area contributed by atoms with Gasteiger partial charge in [-0.1, -0.05) is 91.0 Å². The molecule has 6 rings (SSSR count). The summed E-state index contributed by atoms with van der Waals surface area (Å²) in [6.45, 7) is 0. The van der Waals surface area contributed by atoms with Crippen LogP contribution in [-0.2, 0) is 13.7 Å². The number of aliphatic imine (C=N–C) groups is 2. The maximum absolute atomic E-state index is 14.4. The third-order valence-electron chi connectivity index (χ3n) is 6.52. The molecule has 194 valence electrons. The molecule has 0 amide bonds. The van der Waals surface area contributed by atoms with Crippen molar-refractivity contribution < 1.29 is 13.7 Å². The van der Waals surface area contributed by atoms with E-state index >= 15 is 0 Å². The van der Waals surface area contributed by atoms with E-state index in [1.54, 1.807) is 72.8 Å². The molecule has 12 heteroatoms. The third kappa shape index (κ3) is 4.53. The normalized spacial score (nSPS) is 18.2. The van der Waals surface area contributed by atoms with Gasteiger partial charge in [0.25, 0.3) is 0 Å². The van der Waals surface area contributed by atoms with Crippen LogP contribution in [0, 0.1) is 0 Å². The smallest absolute Gasteiger partial charge is 0.221 e. The minimum absolute atomic E-state index is 0.0170. The van der Waals surface area contributed by atoms with Crippen LogP contribution in [0.2, 0.25) is 0 Å². The molecule has 2 aliphatic rings. The lowest BCUT2D eigenvalue weighted by Gasteiger charge is -2.26. The Hall–Kier alpha value is -3.89. The first-order valence-corrected chi connectivity index (χ1v) is 16.4. The highest BCUT2D eigenvalue weighted by atomic mass is 31.1. The molecule has 4 aromatic rings. The predicted octanol–water partition coefficient (Wildman–Crippen LogP) is 2.42. The van der Waals surface area contributed by atoms with Crippen molar-refractivity contribution in [2.75, 3.05) is 5.73 Å². The zero-order valence-electron chi connectivity index (χ0n) is 20.4. The van der Waals surface area contributed by atoms with Crippen LogP contribution in [0.3, 0.4) is 0 Å². The van der Waals surface area contributed by atoms with Gasteiger partial charge >= 0.3 is 0 Å². The molecule has 2 aliphatic heterocycles. The first-order valence-electron chi connectivity index (χ1n) is 12.1. The van der Waals surface area contributed by atoms with E-state index in [1.165, 1.54) is 0 Å². The number of nitrogen functional groups attached to an aromatic ring is 1. The lowest BCUT2D eigenvalue weighted by molar-refractivity contribution is 0.590. The Bertz CT molecular complexity index is 1880. The maximum atomic E-state index is 14.4. The Kier molecular flexibility index (Phi) is 6.74. The molecule has 0 bridgehead atoms. The number of rotatable bonds is 6. The number of benzene rings is 3. The summed E-state index contributed by atoms with van der Waals surface area (Å²) in [6, 6.07) is 26.7. The molecule has 3 aromatic carbocycles. The minimum Gasteiger partial charge on any atom is -0.382 e. The van der Waals surface area contributed by atoms with E-state index in [1.807, 2.05) is 18.2 Å². The summed E-state index contributed by atoms with van der Waals surface area (Å²) in [7, 11) is -8.37. The second-order valence-corrected chi connectivity index (χ2v) is 14.3. The van der Waals surface area contributed by atoms with Crippen LogP contribution in [0.25, 0.3) is 5.31 Å². The number of anilines is 1. The van der Waals surface area contributed by atoms with Crippen molar-refractivity contribution >= 4 is 73.2 Å². The molecular formula is C27H23N6O3P3. The lowest BCUT2D eigenvalue weighted by Crippen LogP contribution is -2.33. The average molecular weight is 572 g/mol. The van der Waals surface area contributed by atoms with Gasteiger partial charge in [0.15, 0.2) is 5.82 Å². The van der Waals surface area contributed by atoms with Crippen molar-refractivity contribution in [3.63, 3.8) is 0 Å². The largest absolute Gasteiger partial charge is 0.382 e. The molecule has 4 N–H and O–H groups in total. The molecule has 9 nitrogen and oxygen atoms in total. The van der Waals surface area contributed by atoms with E-state index in [0.717, 1.165) is 0 Å². The zero-order valence-corrected chi connectivity index (χ0v) is 23.4. The van der Waals surface area contributed by atoms with Crippen LogP contribution in [0.1, 0.15) is 0 Å². The van der Waals surface area contributed by atoms with Gasteiger partial charge in [-0.15, -0.1) is 0 Å². The molecule has 0 saturated heterocycles. The Balaban J connectivity index is 1.71. The van der Waals surface area contributed by atoms with Gasteiger partial charge in [-0.25, -0.2) is 20.0 Å². The van der Waals surface area contributed by atoms with Crippen LogP contribution in [0.4, 0.5) is 17.2 Å². The van der Waals surface area contributed by atoms with Gasteiger partial charge in [0.05, 0.1) is 11.1 Å². The van der Waals surface area contributed by atoms with Crippen LogP contribution in [-0.4, -0.2) is 22.1 Å². The van der Waals surface area contributed by atoms with Crippen molar-refractivity contribution in [1.82, 2.24) is 4.98 Å². The second kappa shape index (κ2) is 10.3. The SMILES string of the molecule is NC1=Nc2c3c(nc(N)c2=N1)=C([PH](=O)c1ccccc1)C([PH](=O)c1ccccc1)C([PH](=O)c1ccccc1)=N3. The number of guanidine groups is 1. The van der Waals surface area contributed by atoms with Crippen LogP contribution < -0.4 is 38.1 Å². The molecule has 0 saturated carbocycles. The van der Waals surface area contributed by atoms with Gasteiger partial charge in [0.2, 0.25) is 5.96 Å². The van der Waals surface area contributed by atoms with Crippen molar-refractivity contribution in [2.45, 2.75) is 5.66 Å². The van der Waals surface area contributed by atoms with Crippen molar-refractivity contribution in [1.29, 1.82) is 0 Å². The summed E-state index contributed by atoms with van der Waals surface area (Å²) < 4.78 is 43.0. The van der Waals surface area contributed by atoms with Crippen LogP contribution in [0.5, 0.6) is 0 Å². The maximum Gasteiger partial charge on any atom is 0.221 e. The van der Waals surface area contributed by atoms with Gasteiger partial charge < -0.3 is 25.2 Å². The Morgan fingerprint density at radius 1 is 0.615 bits per heavy atom. The van der Waals surface area contributed by atoms with E-state index in [0.29, 0.717) is 21.2 Å². The molecule has 39 heavy (non-hydrogen) atoms. The lowest BCUT2D eigenvalue weighted by atomic mass is 10.2. The Morgan fingerprint density at radius 3 is 1.74 bits per heavy atom. The summed E-state index contributed by atoms with van der Waals surface area (Å²) in [4.78, 5) is 17.9. The van der Waals surface area contributed by atoms with Crippen molar-refractivity contribution in [3.8, 4) is 0 Å². The standard InChI is InChI=1S/C27H23N6O3P3/c28-25-22-20(32-27(29)33-22)19-21(30-25)23(37(34)16-10-4-1-5-11-16)24(38(35)17-12-6-2-7-13-17)26(31-19)39(36)18-14-8-3-9-15-18/h1-15,24,37-39H,(H2,28,30)(H2,29,32). The molecular weight excluding hydrogens is 549 g/mol. The molecule has 0 radical (unpaired) electrons. The van der Waals surface area contributed by atoms with Gasteiger partial charge in [-0.05, 0) is 0 Å².